The molecular weight excluding hydrogens is 266 g/mol. The van der Waals surface area contributed by atoms with Crippen molar-refractivity contribution >= 4 is 5.91 Å². The molecule has 3 fully saturated rings. The number of hydrogen-bond acceptors (Lipinski definition) is 4. The highest BCUT2D eigenvalue weighted by atomic mass is 19.3. The first-order valence-electron chi connectivity index (χ1n) is 7.40. The number of amides is 1. The molecule has 0 radical (unpaired) electrons. The monoisotopic (exact) mass is 288 g/mol. The summed E-state index contributed by atoms with van der Waals surface area (Å²) in [6.45, 7) is 4.50. The fourth-order valence-corrected chi connectivity index (χ4v) is 3.37. The Hall–Kier alpha value is -0.790. The molecule has 0 aromatic rings. The molecule has 2 N–H and O–H groups in total. The predicted octanol–water partition coefficient (Wildman–Crippen LogP) is -0.510. The largest absolute Gasteiger partial charge is 0.335 e. The normalized spacial score (nSPS) is 34.6. The van der Waals surface area contributed by atoms with Crippen LogP contribution in [-0.4, -0.2) is 79.5 Å². The van der Waals surface area contributed by atoms with E-state index in [2.05, 4.69) is 15.5 Å². The van der Waals surface area contributed by atoms with Gasteiger partial charge in [0.25, 0.3) is 5.92 Å². The highest BCUT2D eigenvalue weighted by Crippen LogP contribution is 2.28. The lowest BCUT2D eigenvalue weighted by atomic mass is 10.1. The lowest BCUT2D eigenvalue weighted by Gasteiger charge is -2.32. The van der Waals surface area contributed by atoms with Crippen LogP contribution in [0.2, 0.25) is 0 Å². The molecule has 0 bridgehead atoms. The summed E-state index contributed by atoms with van der Waals surface area (Å²) in [5, 5.41) is 6.52. The van der Waals surface area contributed by atoms with Gasteiger partial charge in [-0.25, -0.2) is 8.78 Å². The maximum absolute atomic E-state index is 13.2. The Balaban J connectivity index is 1.53. The first kappa shape index (κ1) is 14.2. The summed E-state index contributed by atoms with van der Waals surface area (Å²) in [6, 6.07) is 0.0675. The Bertz CT molecular complexity index is 373. The molecule has 20 heavy (non-hydrogen) atoms. The van der Waals surface area contributed by atoms with Gasteiger partial charge in [0, 0.05) is 51.7 Å². The maximum atomic E-state index is 13.2. The summed E-state index contributed by atoms with van der Waals surface area (Å²) < 4.78 is 26.4. The van der Waals surface area contributed by atoms with Crippen molar-refractivity contribution in [3.05, 3.63) is 0 Å². The van der Waals surface area contributed by atoms with Crippen molar-refractivity contribution in [1.82, 2.24) is 20.4 Å². The summed E-state index contributed by atoms with van der Waals surface area (Å²) in [5.41, 5.74) is 0. The fraction of sp³-hybridized carbons (Fsp3) is 0.923. The van der Waals surface area contributed by atoms with Gasteiger partial charge in [-0.3, -0.25) is 9.69 Å². The van der Waals surface area contributed by atoms with E-state index < -0.39 is 12.5 Å². The third-order valence-corrected chi connectivity index (χ3v) is 4.56. The molecule has 0 saturated carbocycles. The molecule has 3 aliphatic heterocycles. The van der Waals surface area contributed by atoms with E-state index >= 15 is 0 Å². The van der Waals surface area contributed by atoms with Gasteiger partial charge in [0.05, 0.1) is 12.6 Å². The number of halogens is 2. The number of hydrogen-bond donors (Lipinski definition) is 2. The van der Waals surface area contributed by atoms with Crippen molar-refractivity contribution in [3.63, 3.8) is 0 Å². The average molecular weight is 288 g/mol. The van der Waals surface area contributed by atoms with Crippen molar-refractivity contribution in [2.24, 2.45) is 0 Å². The van der Waals surface area contributed by atoms with Crippen LogP contribution in [0.1, 0.15) is 12.8 Å². The maximum Gasteiger partial charge on any atom is 0.267 e. The van der Waals surface area contributed by atoms with E-state index in [0.29, 0.717) is 6.04 Å². The molecular formula is C13H22F2N4O. The second-order valence-electron chi connectivity index (χ2n) is 6.00. The minimum Gasteiger partial charge on any atom is -0.335 e. The second kappa shape index (κ2) is 5.54. The van der Waals surface area contributed by atoms with Crippen molar-refractivity contribution in [2.45, 2.75) is 30.8 Å². The third-order valence-electron chi connectivity index (χ3n) is 4.56. The Morgan fingerprint density at radius 1 is 1.20 bits per heavy atom. The van der Waals surface area contributed by atoms with Crippen molar-refractivity contribution < 1.29 is 13.6 Å². The minimum absolute atomic E-state index is 0.153. The molecule has 1 amide bonds. The van der Waals surface area contributed by atoms with Gasteiger partial charge in [-0.15, -0.1) is 0 Å². The van der Waals surface area contributed by atoms with E-state index in [-0.39, 0.29) is 24.9 Å². The topological polar surface area (TPSA) is 47.6 Å². The molecule has 5 nitrogen and oxygen atoms in total. The van der Waals surface area contributed by atoms with E-state index in [0.717, 1.165) is 39.1 Å². The summed E-state index contributed by atoms with van der Waals surface area (Å²) in [7, 11) is 0. The van der Waals surface area contributed by atoms with E-state index in [1.165, 1.54) is 4.90 Å². The quantitative estimate of drug-likeness (QED) is 0.718. The zero-order valence-corrected chi connectivity index (χ0v) is 11.6. The van der Waals surface area contributed by atoms with Gasteiger partial charge in [0.1, 0.15) is 0 Å². The van der Waals surface area contributed by atoms with Crippen molar-refractivity contribution in [3.8, 4) is 0 Å². The molecule has 7 heteroatoms. The second-order valence-corrected chi connectivity index (χ2v) is 6.00. The van der Waals surface area contributed by atoms with Crippen LogP contribution in [0.5, 0.6) is 0 Å². The van der Waals surface area contributed by atoms with Crippen LogP contribution in [-0.2, 0) is 4.79 Å². The molecule has 0 aliphatic carbocycles. The van der Waals surface area contributed by atoms with E-state index in [4.69, 9.17) is 0 Å². The number of alkyl halides is 2. The molecule has 0 spiro atoms. The zero-order chi connectivity index (χ0) is 14.2. The Kier molecular flexibility index (Phi) is 3.92. The average Bonchev–Trinajstić information content (AvgIpc) is 3.05. The highest BCUT2D eigenvalue weighted by Gasteiger charge is 2.43. The lowest BCUT2D eigenvalue weighted by Crippen LogP contribution is -2.49. The molecule has 0 aromatic carbocycles. The molecule has 2 atom stereocenters. The zero-order valence-electron chi connectivity index (χ0n) is 11.6. The molecule has 3 heterocycles. The van der Waals surface area contributed by atoms with E-state index in [1.54, 1.807) is 0 Å². The van der Waals surface area contributed by atoms with Crippen LogP contribution < -0.4 is 10.6 Å². The van der Waals surface area contributed by atoms with E-state index in [9.17, 15) is 13.6 Å². The molecule has 0 aromatic heterocycles. The molecule has 3 aliphatic rings. The smallest absolute Gasteiger partial charge is 0.267 e. The summed E-state index contributed by atoms with van der Waals surface area (Å²) in [6.07, 6.45) is 0.535. The molecule has 114 valence electrons. The van der Waals surface area contributed by atoms with Gasteiger partial charge in [0.2, 0.25) is 5.91 Å². The number of carbonyl (C=O) groups excluding carboxylic acids is 1. The fourth-order valence-electron chi connectivity index (χ4n) is 3.37. The lowest BCUT2D eigenvalue weighted by molar-refractivity contribution is -0.133. The molecule has 0 unspecified atom stereocenters. The van der Waals surface area contributed by atoms with Crippen LogP contribution in [0.25, 0.3) is 0 Å². The van der Waals surface area contributed by atoms with Gasteiger partial charge in [0.15, 0.2) is 0 Å². The number of nitrogens with zero attached hydrogens (tertiary/aromatic N) is 2. The number of likely N-dealkylation sites (tertiary alicyclic amines) is 1. The Labute approximate surface area is 117 Å². The predicted molar refractivity (Wildman–Crippen MR) is 70.8 cm³/mol. The van der Waals surface area contributed by atoms with Crippen LogP contribution in [0.15, 0.2) is 0 Å². The Morgan fingerprint density at radius 3 is 2.60 bits per heavy atom. The van der Waals surface area contributed by atoms with Crippen LogP contribution in [0.3, 0.4) is 0 Å². The van der Waals surface area contributed by atoms with Gasteiger partial charge in [-0.1, -0.05) is 0 Å². The standard InChI is InChI=1S/C13H22F2N4O/c14-13(15)1-4-19(9-13)12(20)11-7-10(8-17-11)18-5-2-16-3-6-18/h10-11,16-17H,1-9H2/t10-,11-/m0/s1. The van der Waals surface area contributed by atoms with Gasteiger partial charge in [-0.2, -0.15) is 0 Å². The van der Waals surface area contributed by atoms with Crippen molar-refractivity contribution in [2.75, 3.05) is 45.8 Å². The van der Waals surface area contributed by atoms with Crippen LogP contribution >= 0.6 is 0 Å². The van der Waals surface area contributed by atoms with Crippen LogP contribution in [0.4, 0.5) is 8.78 Å². The SMILES string of the molecule is O=C([C@@H]1C[C@H](N2CCNCC2)CN1)N1CCC(F)(F)C1. The first-order chi connectivity index (χ1) is 9.55. The van der Waals surface area contributed by atoms with Gasteiger partial charge >= 0.3 is 0 Å². The minimum atomic E-state index is -2.70. The number of nitrogens with one attached hydrogen (secondary N) is 2. The first-order valence-corrected chi connectivity index (χ1v) is 7.40. The number of rotatable bonds is 2. The van der Waals surface area contributed by atoms with Crippen LogP contribution in [0, 0.1) is 0 Å². The molecule has 3 saturated heterocycles. The number of carbonyl (C=O) groups is 1. The van der Waals surface area contributed by atoms with Gasteiger partial charge < -0.3 is 15.5 Å². The summed E-state index contributed by atoms with van der Waals surface area (Å²) in [4.78, 5) is 16.0. The van der Waals surface area contributed by atoms with Gasteiger partial charge in [-0.05, 0) is 6.42 Å². The summed E-state index contributed by atoms with van der Waals surface area (Å²) >= 11 is 0. The number of piperazine rings is 1. The molecule has 3 rings (SSSR count). The van der Waals surface area contributed by atoms with Crippen molar-refractivity contribution in [1.29, 1.82) is 0 Å². The highest BCUT2D eigenvalue weighted by molar-refractivity contribution is 5.82. The summed E-state index contributed by atoms with van der Waals surface area (Å²) in [5.74, 6) is -2.86. The third kappa shape index (κ3) is 2.94. The van der Waals surface area contributed by atoms with E-state index in [1.807, 2.05) is 0 Å². The Morgan fingerprint density at radius 2 is 1.95 bits per heavy atom.